The average Bonchev–Trinajstić information content (AvgIpc) is 3.21. The highest BCUT2D eigenvalue weighted by molar-refractivity contribution is 7.07. The highest BCUT2D eigenvalue weighted by atomic mass is 32.1. The normalized spacial score (nSPS) is 12.0. The standard InChI is InChI=1S/C18H19N3OS/c1-14-4-2-5-15(10-14)11-18(22)19-12-17(16-6-9-23-13-16)21-8-3-7-20-21/h2-10,13,17H,11-12H2,1H3,(H,19,22)/t17-/m0/s1. The molecule has 23 heavy (non-hydrogen) atoms. The molecule has 118 valence electrons. The van der Waals surface area contributed by atoms with Crippen molar-refractivity contribution in [3.63, 3.8) is 0 Å². The van der Waals surface area contributed by atoms with Gasteiger partial charge in [-0.25, -0.2) is 0 Å². The van der Waals surface area contributed by atoms with E-state index >= 15 is 0 Å². The van der Waals surface area contributed by atoms with E-state index in [9.17, 15) is 4.79 Å². The van der Waals surface area contributed by atoms with Crippen molar-refractivity contribution in [2.24, 2.45) is 0 Å². The van der Waals surface area contributed by atoms with Crippen molar-refractivity contribution < 1.29 is 4.79 Å². The number of rotatable bonds is 6. The number of carbonyl (C=O) groups excluding carboxylic acids is 1. The molecule has 0 unspecified atom stereocenters. The molecule has 0 saturated carbocycles. The zero-order chi connectivity index (χ0) is 16.1. The number of hydrogen-bond acceptors (Lipinski definition) is 3. The van der Waals surface area contributed by atoms with E-state index in [1.807, 2.05) is 53.5 Å². The third-order valence-corrected chi connectivity index (χ3v) is 4.41. The minimum atomic E-state index is 0.0257. The minimum Gasteiger partial charge on any atom is -0.353 e. The maximum absolute atomic E-state index is 12.2. The number of benzene rings is 1. The molecule has 4 nitrogen and oxygen atoms in total. The fraction of sp³-hybridized carbons (Fsp3) is 0.222. The largest absolute Gasteiger partial charge is 0.353 e. The van der Waals surface area contributed by atoms with E-state index in [1.54, 1.807) is 17.5 Å². The Morgan fingerprint density at radius 2 is 2.26 bits per heavy atom. The van der Waals surface area contributed by atoms with Gasteiger partial charge in [0.15, 0.2) is 0 Å². The Morgan fingerprint density at radius 3 is 2.96 bits per heavy atom. The summed E-state index contributed by atoms with van der Waals surface area (Å²) in [6.07, 6.45) is 4.08. The monoisotopic (exact) mass is 325 g/mol. The fourth-order valence-corrected chi connectivity index (χ4v) is 3.28. The molecule has 0 aliphatic heterocycles. The van der Waals surface area contributed by atoms with E-state index in [1.165, 1.54) is 5.56 Å². The van der Waals surface area contributed by atoms with Crippen LogP contribution in [0.3, 0.4) is 0 Å². The minimum absolute atomic E-state index is 0.0257. The van der Waals surface area contributed by atoms with Crippen LogP contribution in [-0.4, -0.2) is 22.2 Å². The summed E-state index contributed by atoms with van der Waals surface area (Å²) in [4.78, 5) is 12.2. The zero-order valence-corrected chi connectivity index (χ0v) is 13.8. The lowest BCUT2D eigenvalue weighted by Crippen LogP contribution is -2.32. The smallest absolute Gasteiger partial charge is 0.224 e. The molecule has 2 heterocycles. The van der Waals surface area contributed by atoms with E-state index in [2.05, 4.69) is 21.9 Å². The van der Waals surface area contributed by atoms with Gasteiger partial charge >= 0.3 is 0 Å². The number of thiophene rings is 1. The Hall–Kier alpha value is -2.40. The summed E-state index contributed by atoms with van der Waals surface area (Å²) in [5.74, 6) is 0.0305. The SMILES string of the molecule is Cc1cccc(CC(=O)NC[C@@H](c2ccsc2)n2cccn2)c1. The van der Waals surface area contributed by atoms with Crippen LogP contribution in [0.15, 0.2) is 59.6 Å². The molecular formula is C18H19N3OS. The first-order valence-electron chi connectivity index (χ1n) is 7.56. The van der Waals surface area contributed by atoms with Gasteiger partial charge in [-0.1, -0.05) is 29.8 Å². The van der Waals surface area contributed by atoms with Gasteiger partial charge in [-0.15, -0.1) is 0 Å². The van der Waals surface area contributed by atoms with Gasteiger partial charge in [0.1, 0.15) is 0 Å². The Morgan fingerprint density at radius 1 is 1.35 bits per heavy atom. The molecule has 3 aromatic rings. The van der Waals surface area contributed by atoms with Crippen molar-refractivity contribution >= 4 is 17.2 Å². The highest BCUT2D eigenvalue weighted by Crippen LogP contribution is 2.19. The van der Waals surface area contributed by atoms with Crippen molar-refractivity contribution in [2.45, 2.75) is 19.4 Å². The fourth-order valence-electron chi connectivity index (χ4n) is 2.57. The summed E-state index contributed by atoms with van der Waals surface area (Å²) < 4.78 is 1.88. The van der Waals surface area contributed by atoms with Gasteiger partial charge in [0.2, 0.25) is 5.91 Å². The summed E-state index contributed by atoms with van der Waals surface area (Å²) in [6, 6.07) is 12.0. The second-order valence-electron chi connectivity index (χ2n) is 5.53. The number of aryl methyl sites for hydroxylation is 1. The van der Waals surface area contributed by atoms with Crippen LogP contribution in [0.5, 0.6) is 0 Å². The van der Waals surface area contributed by atoms with E-state index < -0.39 is 0 Å². The van der Waals surface area contributed by atoms with E-state index in [0.717, 1.165) is 11.1 Å². The Balaban J connectivity index is 1.64. The quantitative estimate of drug-likeness (QED) is 0.756. The summed E-state index contributed by atoms with van der Waals surface area (Å²) in [5, 5.41) is 11.5. The molecular weight excluding hydrogens is 306 g/mol. The van der Waals surface area contributed by atoms with Crippen molar-refractivity contribution in [1.82, 2.24) is 15.1 Å². The molecule has 0 aliphatic rings. The molecule has 0 aliphatic carbocycles. The Bertz CT molecular complexity index is 716. The molecule has 1 amide bonds. The third-order valence-electron chi connectivity index (χ3n) is 3.71. The lowest BCUT2D eigenvalue weighted by atomic mass is 10.1. The Kier molecular flexibility index (Phi) is 4.88. The summed E-state index contributed by atoms with van der Waals surface area (Å²) in [5.41, 5.74) is 3.37. The second kappa shape index (κ2) is 7.24. The van der Waals surface area contributed by atoms with Crippen molar-refractivity contribution in [1.29, 1.82) is 0 Å². The van der Waals surface area contributed by atoms with Crippen LogP contribution in [0, 0.1) is 6.92 Å². The zero-order valence-electron chi connectivity index (χ0n) is 13.0. The molecule has 5 heteroatoms. The highest BCUT2D eigenvalue weighted by Gasteiger charge is 2.15. The molecule has 1 atom stereocenters. The first-order chi connectivity index (χ1) is 11.2. The number of nitrogens with zero attached hydrogens (tertiary/aromatic N) is 2. The van der Waals surface area contributed by atoms with Gasteiger partial charge in [-0.05, 0) is 40.9 Å². The number of carbonyl (C=O) groups is 1. The predicted molar refractivity (Wildman–Crippen MR) is 92.6 cm³/mol. The molecule has 0 bridgehead atoms. The van der Waals surface area contributed by atoms with Crippen molar-refractivity contribution in [2.75, 3.05) is 6.54 Å². The van der Waals surface area contributed by atoms with Gasteiger partial charge < -0.3 is 5.32 Å². The topological polar surface area (TPSA) is 46.9 Å². The second-order valence-corrected chi connectivity index (χ2v) is 6.31. The number of aromatic nitrogens is 2. The first kappa shape index (κ1) is 15.5. The molecule has 1 aromatic carbocycles. The van der Waals surface area contributed by atoms with Crippen LogP contribution in [0.2, 0.25) is 0 Å². The maximum atomic E-state index is 12.2. The summed E-state index contributed by atoms with van der Waals surface area (Å²) in [6.45, 7) is 2.56. The van der Waals surface area contributed by atoms with Crippen LogP contribution in [0.4, 0.5) is 0 Å². The molecule has 2 aromatic heterocycles. The maximum Gasteiger partial charge on any atom is 0.224 e. The van der Waals surface area contributed by atoms with Gasteiger partial charge in [0, 0.05) is 18.9 Å². The third kappa shape index (κ3) is 4.07. The van der Waals surface area contributed by atoms with Gasteiger partial charge in [0.25, 0.3) is 0 Å². The molecule has 0 fully saturated rings. The van der Waals surface area contributed by atoms with Crippen molar-refractivity contribution in [3.8, 4) is 0 Å². The van der Waals surface area contributed by atoms with Gasteiger partial charge in [0.05, 0.1) is 12.5 Å². The van der Waals surface area contributed by atoms with Crippen LogP contribution < -0.4 is 5.32 Å². The lowest BCUT2D eigenvalue weighted by molar-refractivity contribution is -0.120. The van der Waals surface area contributed by atoms with Crippen LogP contribution in [0.1, 0.15) is 22.7 Å². The van der Waals surface area contributed by atoms with Crippen LogP contribution >= 0.6 is 11.3 Å². The van der Waals surface area contributed by atoms with Crippen LogP contribution in [0.25, 0.3) is 0 Å². The average molecular weight is 325 g/mol. The molecule has 3 rings (SSSR count). The molecule has 1 N–H and O–H groups in total. The predicted octanol–water partition coefficient (Wildman–Crippen LogP) is 3.20. The number of nitrogens with one attached hydrogen (secondary N) is 1. The van der Waals surface area contributed by atoms with Gasteiger partial charge in [-0.2, -0.15) is 16.4 Å². The molecule has 0 saturated heterocycles. The molecule has 0 spiro atoms. The Labute approximate surface area is 139 Å². The molecule has 0 radical (unpaired) electrons. The number of amides is 1. The first-order valence-corrected chi connectivity index (χ1v) is 8.50. The van der Waals surface area contributed by atoms with Gasteiger partial charge in [-0.3, -0.25) is 9.48 Å². The number of hydrogen-bond donors (Lipinski definition) is 1. The van der Waals surface area contributed by atoms with Crippen LogP contribution in [-0.2, 0) is 11.2 Å². The lowest BCUT2D eigenvalue weighted by Gasteiger charge is -2.17. The van der Waals surface area contributed by atoms with E-state index in [-0.39, 0.29) is 11.9 Å². The van der Waals surface area contributed by atoms with E-state index in [4.69, 9.17) is 0 Å². The summed E-state index contributed by atoms with van der Waals surface area (Å²) in [7, 11) is 0. The summed E-state index contributed by atoms with van der Waals surface area (Å²) >= 11 is 1.65. The van der Waals surface area contributed by atoms with Crippen molar-refractivity contribution in [3.05, 3.63) is 76.2 Å². The van der Waals surface area contributed by atoms with E-state index in [0.29, 0.717) is 13.0 Å².